The van der Waals surface area contributed by atoms with Crippen molar-refractivity contribution in [3.63, 3.8) is 0 Å². The van der Waals surface area contributed by atoms with Gasteiger partial charge in [-0.2, -0.15) is 4.98 Å². The van der Waals surface area contributed by atoms with Crippen molar-refractivity contribution in [1.82, 2.24) is 9.55 Å². The fourth-order valence-corrected chi connectivity index (χ4v) is 3.70. The fraction of sp³-hybridized carbons (Fsp3) is 0.429. The molecule has 6 nitrogen and oxygen atoms in total. The normalized spacial score (nSPS) is 21.3. The number of hydrogen-bond donors (Lipinski definition) is 1. The van der Waals surface area contributed by atoms with Crippen LogP contribution in [0.4, 0.5) is 5.95 Å². The first-order valence-electron chi connectivity index (χ1n) is 6.95. The van der Waals surface area contributed by atoms with Gasteiger partial charge in [0.2, 0.25) is 5.95 Å². The molecule has 4 rings (SSSR count). The lowest BCUT2D eigenvalue weighted by Gasteiger charge is -2.15. The highest BCUT2D eigenvalue weighted by atomic mass is 32.2. The first-order chi connectivity index (χ1) is 9.95. The number of nitrogens with one attached hydrogen (secondary N) is 1. The second-order valence-electron chi connectivity index (χ2n) is 5.85. The minimum Gasteiger partial charge on any atom is -0.353 e. The van der Waals surface area contributed by atoms with Crippen molar-refractivity contribution in [3.05, 3.63) is 28.6 Å². The average Bonchev–Trinajstić information content (AvgIpc) is 3.18. The van der Waals surface area contributed by atoms with Gasteiger partial charge >= 0.3 is 0 Å². The van der Waals surface area contributed by atoms with Crippen LogP contribution >= 0.6 is 0 Å². The molecule has 1 aromatic heterocycles. The number of rotatable bonds is 2. The number of fused-ring (bicyclic) bond motifs is 3. The molecule has 7 heteroatoms. The molecular formula is C14H15N3O3S. The fourth-order valence-electron chi connectivity index (χ4n) is 3.06. The van der Waals surface area contributed by atoms with Gasteiger partial charge in [-0.05, 0) is 37.0 Å². The summed E-state index contributed by atoms with van der Waals surface area (Å²) in [5.74, 6) is 1.22. The van der Waals surface area contributed by atoms with Gasteiger partial charge in [0.1, 0.15) is 0 Å². The van der Waals surface area contributed by atoms with Gasteiger partial charge in [-0.3, -0.25) is 4.79 Å². The highest BCUT2D eigenvalue weighted by molar-refractivity contribution is 7.90. The summed E-state index contributed by atoms with van der Waals surface area (Å²) in [6, 6.07) is 5.03. The van der Waals surface area contributed by atoms with E-state index in [-0.39, 0.29) is 10.5 Å². The van der Waals surface area contributed by atoms with E-state index in [1.807, 2.05) is 0 Å². The van der Waals surface area contributed by atoms with Crippen molar-refractivity contribution in [3.8, 4) is 0 Å². The molecule has 0 unspecified atom stereocenters. The Balaban J connectivity index is 2.02. The lowest BCUT2D eigenvalue weighted by Crippen LogP contribution is -2.16. The van der Waals surface area contributed by atoms with Crippen LogP contribution in [0.5, 0.6) is 0 Å². The smallest absolute Gasteiger partial charge is 0.282 e. The Morgan fingerprint density at radius 1 is 1.33 bits per heavy atom. The molecule has 1 aliphatic carbocycles. The maximum atomic E-state index is 12.2. The van der Waals surface area contributed by atoms with E-state index in [4.69, 9.17) is 0 Å². The van der Waals surface area contributed by atoms with E-state index in [9.17, 15) is 13.2 Å². The van der Waals surface area contributed by atoms with Gasteiger partial charge in [0, 0.05) is 12.8 Å². The SMILES string of the molecule is CS(=O)(=O)c1ccc2c(c1)c(=O)nc1n2[C@H](C2CC2)CN1. The highest BCUT2D eigenvalue weighted by Gasteiger charge is 2.37. The molecule has 0 bridgehead atoms. The van der Waals surface area contributed by atoms with Crippen LogP contribution in [-0.2, 0) is 9.84 Å². The van der Waals surface area contributed by atoms with Crippen LogP contribution in [0.1, 0.15) is 18.9 Å². The summed E-state index contributed by atoms with van der Waals surface area (Å²) in [6.07, 6.45) is 3.53. The zero-order valence-electron chi connectivity index (χ0n) is 11.5. The molecule has 21 heavy (non-hydrogen) atoms. The summed E-state index contributed by atoms with van der Waals surface area (Å²) in [6.45, 7) is 0.782. The molecule has 2 aromatic rings. The van der Waals surface area contributed by atoms with Gasteiger partial charge in [0.25, 0.3) is 5.56 Å². The van der Waals surface area contributed by atoms with E-state index in [1.165, 1.54) is 18.9 Å². The molecule has 0 radical (unpaired) electrons. The van der Waals surface area contributed by atoms with Gasteiger partial charge in [-0.25, -0.2) is 8.42 Å². The van der Waals surface area contributed by atoms with Crippen LogP contribution in [0.15, 0.2) is 27.9 Å². The van der Waals surface area contributed by atoms with E-state index >= 15 is 0 Å². The van der Waals surface area contributed by atoms with E-state index in [0.29, 0.717) is 23.3 Å². The number of aromatic nitrogens is 2. The largest absolute Gasteiger partial charge is 0.353 e. The van der Waals surface area contributed by atoms with Crippen LogP contribution in [0.2, 0.25) is 0 Å². The molecule has 1 aromatic carbocycles. The molecule has 1 atom stereocenters. The van der Waals surface area contributed by atoms with E-state index in [1.54, 1.807) is 12.1 Å². The minimum atomic E-state index is -3.33. The van der Waals surface area contributed by atoms with Crippen LogP contribution in [0, 0.1) is 5.92 Å². The summed E-state index contributed by atoms with van der Waals surface area (Å²) in [5, 5.41) is 3.55. The quantitative estimate of drug-likeness (QED) is 0.901. The Bertz CT molecular complexity index is 913. The second kappa shape index (κ2) is 4.07. The monoisotopic (exact) mass is 305 g/mol. The molecule has 2 aliphatic rings. The maximum absolute atomic E-state index is 12.2. The molecule has 1 aliphatic heterocycles. The third-order valence-corrected chi connectivity index (χ3v) is 5.40. The number of nitrogens with zero attached hydrogens (tertiary/aromatic N) is 2. The Labute approximate surface area is 121 Å². The molecule has 1 N–H and O–H groups in total. The Morgan fingerprint density at radius 3 is 2.76 bits per heavy atom. The first kappa shape index (κ1) is 12.8. The van der Waals surface area contributed by atoms with Crippen molar-refractivity contribution < 1.29 is 8.42 Å². The second-order valence-corrected chi connectivity index (χ2v) is 7.86. The lowest BCUT2D eigenvalue weighted by molar-refractivity contribution is 0.515. The van der Waals surface area contributed by atoms with Crippen molar-refractivity contribution in [2.24, 2.45) is 5.92 Å². The maximum Gasteiger partial charge on any atom is 0.282 e. The van der Waals surface area contributed by atoms with Gasteiger partial charge in [-0.1, -0.05) is 0 Å². The molecule has 0 amide bonds. The Hall–Kier alpha value is -1.89. The molecule has 2 heterocycles. The molecule has 0 spiro atoms. The summed E-state index contributed by atoms with van der Waals surface area (Å²) in [5.41, 5.74) is 0.380. The Morgan fingerprint density at radius 2 is 2.10 bits per heavy atom. The zero-order valence-corrected chi connectivity index (χ0v) is 12.4. The van der Waals surface area contributed by atoms with Gasteiger partial charge < -0.3 is 9.88 Å². The number of anilines is 1. The van der Waals surface area contributed by atoms with E-state index in [2.05, 4.69) is 14.9 Å². The van der Waals surface area contributed by atoms with Crippen LogP contribution in [0.3, 0.4) is 0 Å². The van der Waals surface area contributed by atoms with Crippen molar-refractivity contribution in [1.29, 1.82) is 0 Å². The van der Waals surface area contributed by atoms with E-state index in [0.717, 1.165) is 18.3 Å². The van der Waals surface area contributed by atoms with Crippen LogP contribution < -0.4 is 10.9 Å². The summed E-state index contributed by atoms with van der Waals surface area (Å²) >= 11 is 0. The van der Waals surface area contributed by atoms with Gasteiger partial charge in [-0.15, -0.1) is 0 Å². The lowest BCUT2D eigenvalue weighted by atomic mass is 10.1. The summed E-state index contributed by atoms with van der Waals surface area (Å²) < 4.78 is 25.4. The topological polar surface area (TPSA) is 81.1 Å². The molecule has 1 saturated carbocycles. The predicted molar refractivity (Wildman–Crippen MR) is 79.4 cm³/mol. The van der Waals surface area contributed by atoms with Crippen LogP contribution in [-0.4, -0.2) is 30.8 Å². The standard InChI is InChI=1S/C14H15N3O3S/c1-21(19,20)9-4-5-11-10(6-9)13(18)16-14-15-7-12(17(11)14)8-2-3-8/h4-6,8,12H,2-3,7H2,1H3,(H,15,16,18)/t12-/m0/s1. The zero-order chi connectivity index (χ0) is 14.8. The number of sulfone groups is 1. The van der Waals surface area contributed by atoms with Gasteiger partial charge in [0.05, 0.1) is 21.8 Å². The van der Waals surface area contributed by atoms with Gasteiger partial charge in [0.15, 0.2) is 9.84 Å². The molecule has 0 saturated heterocycles. The van der Waals surface area contributed by atoms with Crippen molar-refractivity contribution in [2.45, 2.75) is 23.8 Å². The van der Waals surface area contributed by atoms with Crippen LogP contribution in [0.25, 0.3) is 10.9 Å². The Kier molecular flexibility index (Phi) is 2.48. The highest BCUT2D eigenvalue weighted by Crippen LogP contribution is 2.44. The third kappa shape index (κ3) is 1.95. The summed E-state index contributed by atoms with van der Waals surface area (Å²) in [4.78, 5) is 16.4. The van der Waals surface area contributed by atoms with Crippen molar-refractivity contribution >= 4 is 26.7 Å². The van der Waals surface area contributed by atoms with E-state index < -0.39 is 9.84 Å². The number of benzene rings is 1. The molecule has 110 valence electrons. The van der Waals surface area contributed by atoms with Crippen molar-refractivity contribution in [2.75, 3.05) is 18.1 Å². The molecular weight excluding hydrogens is 290 g/mol. The minimum absolute atomic E-state index is 0.156. The number of hydrogen-bond acceptors (Lipinski definition) is 5. The predicted octanol–water partition coefficient (Wildman–Crippen LogP) is 1.18. The average molecular weight is 305 g/mol. The molecule has 1 fully saturated rings. The third-order valence-electron chi connectivity index (χ3n) is 4.29. The summed E-state index contributed by atoms with van der Waals surface area (Å²) in [7, 11) is -3.33. The first-order valence-corrected chi connectivity index (χ1v) is 8.84.